The van der Waals surface area contributed by atoms with Crippen molar-refractivity contribution in [3.8, 4) is 0 Å². The Labute approximate surface area is 69.2 Å². The first-order valence-electron chi connectivity index (χ1n) is 4.50. The summed E-state index contributed by atoms with van der Waals surface area (Å²) in [6.07, 6.45) is 0. The van der Waals surface area contributed by atoms with Crippen LogP contribution in [0, 0.1) is 0 Å². The van der Waals surface area contributed by atoms with E-state index in [1.165, 1.54) is 13.1 Å². The molecule has 3 aliphatic rings. The molecular weight excluding hydrogens is 136 g/mol. The number of hydrogen-bond donors (Lipinski definition) is 0. The lowest BCUT2D eigenvalue weighted by Gasteiger charge is -2.56. The largest absolute Gasteiger partial charge is 0.287 e. The van der Waals surface area contributed by atoms with E-state index in [1.807, 2.05) is 0 Å². The van der Waals surface area contributed by atoms with Crippen molar-refractivity contribution in [3.05, 3.63) is 0 Å². The molecule has 0 aromatic rings. The van der Waals surface area contributed by atoms with E-state index in [0.29, 0.717) is 5.54 Å². The van der Waals surface area contributed by atoms with Gasteiger partial charge in [-0.25, -0.2) is 0 Å². The van der Waals surface area contributed by atoms with Crippen molar-refractivity contribution < 1.29 is 0 Å². The minimum atomic E-state index is 0.437. The predicted molar refractivity (Wildman–Crippen MR) is 47.0 cm³/mol. The molecule has 0 spiro atoms. The average molecular weight is 154 g/mol. The zero-order chi connectivity index (χ0) is 8.22. The molecule has 0 aromatic carbocycles. The molecule has 0 saturated carbocycles. The second-order valence-corrected chi connectivity index (χ2v) is 4.61. The fourth-order valence-electron chi connectivity index (χ4n) is 2.79. The summed E-state index contributed by atoms with van der Waals surface area (Å²) in [7, 11) is 2.25. The van der Waals surface area contributed by atoms with Gasteiger partial charge in [0.2, 0.25) is 0 Å². The van der Waals surface area contributed by atoms with Crippen LogP contribution in [-0.4, -0.2) is 42.7 Å². The third-order valence-electron chi connectivity index (χ3n) is 3.54. The molecule has 3 atom stereocenters. The maximum Gasteiger partial charge on any atom is 0.158 e. The molecule has 1 radical (unpaired) electrons. The van der Waals surface area contributed by atoms with Crippen molar-refractivity contribution in [1.29, 1.82) is 0 Å². The molecule has 3 fully saturated rings. The molecule has 3 unspecified atom stereocenters. The van der Waals surface area contributed by atoms with Gasteiger partial charge in [-0.15, -0.1) is 0 Å². The quantitative estimate of drug-likeness (QED) is 0.465. The van der Waals surface area contributed by atoms with Crippen LogP contribution in [0.15, 0.2) is 0 Å². The highest BCUT2D eigenvalue weighted by Crippen LogP contribution is 2.36. The van der Waals surface area contributed by atoms with E-state index in [2.05, 4.69) is 37.6 Å². The van der Waals surface area contributed by atoms with Crippen molar-refractivity contribution >= 4 is 0 Å². The van der Waals surface area contributed by atoms with E-state index in [-0.39, 0.29) is 0 Å². The van der Waals surface area contributed by atoms with E-state index in [4.69, 9.17) is 0 Å². The summed E-state index contributed by atoms with van der Waals surface area (Å²) in [5, 5.41) is 0. The Kier molecular flexibility index (Phi) is 1.37. The van der Waals surface area contributed by atoms with Gasteiger partial charge in [-0.1, -0.05) is 0 Å². The number of rotatable bonds is 0. The van der Waals surface area contributed by atoms with E-state index in [9.17, 15) is 0 Å². The highest BCUT2D eigenvalue weighted by molar-refractivity contribution is 5.15. The van der Waals surface area contributed by atoms with Gasteiger partial charge in [-0.3, -0.25) is 4.90 Å². The summed E-state index contributed by atoms with van der Waals surface area (Å²) in [5.74, 6) is 0. The first-order chi connectivity index (χ1) is 5.03. The predicted octanol–water partition coefficient (Wildman–Crippen LogP) is 0.621. The minimum Gasteiger partial charge on any atom is -0.287 e. The summed E-state index contributed by atoms with van der Waals surface area (Å²) < 4.78 is 0. The van der Waals surface area contributed by atoms with Gasteiger partial charge in [-0.05, 0) is 27.8 Å². The molecule has 0 aromatic heterocycles. The van der Waals surface area contributed by atoms with Crippen LogP contribution in [0.2, 0.25) is 0 Å². The van der Waals surface area contributed by atoms with Gasteiger partial charge < -0.3 is 0 Å². The Hall–Kier alpha value is -0.0800. The number of likely N-dealkylation sites (N-methyl/N-ethyl adjacent to an activating group) is 1. The fourth-order valence-corrected chi connectivity index (χ4v) is 2.79. The Morgan fingerprint density at radius 3 is 2.45 bits per heavy atom. The second kappa shape index (κ2) is 1.99. The zero-order valence-corrected chi connectivity index (χ0v) is 7.96. The molecule has 11 heavy (non-hydrogen) atoms. The summed E-state index contributed by atoms with van der Waals surface area (Å²) in [4.78, 5) is 5.11. The van der Waals surface area contributed by atoms with Crippen LogP contribution >= 0.6 is 0 Å². The van der Waals surface area contributed by atoms with E-state index < -0.39 is 0 Å². The number of hydrogen-bond acceptors (Lipinski definition) is 2. The lowest BCUT2D eigenvalue weighted by Crippen LogP contribution is -2.83. The van der Waals surface area contributed by atoms with Crippen molar-refractivity contribution in [2.75, 3.05) is 20.1 Å². The van der Waals surface area contributed by atoms with E-state index in [1.54, 1.807) is 0 Å². The van der Waals surface area contributed by atoms with Crippen molar-refractivity contribution in [1.82, 2.24) is 9.80 Å². The van der Waals surface area contributed by atoms with Crippen LogP contribution in [0.1, 0.15) is 20.8 Å². The highest BCUT2D eigenvalue weighted by atomic mass is 15.4. The SMILES string of the molecule is CC1CN(C)C2C[N+]1C2(C)C. The fraction of sp³-hybridized carbons (Fsp3) is 1.00. The number of fused-ring (bicyclic) bond motifs is 2. The van der Waals surface area contributed by atoms with Gasteiger partial charge in [-0.2, -0.15) is 4.90 Å². The van der Waals surface area contributed by atoms with Gasteiger partial charge >= 0.3 is 0 Å². The highest BCUT2D eigenvalue weighted by Gasteiger charge is 2.63. The molecule has 0 amide bonds. The van der Waals surface area contributed by atoms with Gasteiger partial charge in [0.15, 0.2) is 5.54 Å². The van der Waals surface area contributed by atoms with Gasteiger partial charge in [0.25, 0.3) is 0 Å². The van der Waals surface area contributed by atoms with Crippen molar-refractivity contribution in [3.63, 3.8) is 0 Å². The van der Waals surface area contributed by atoms with Crippen LogP contribution in [0.5, 0.6) is 0 Å². The topological polar surface area (TPSA) is 9.14 Å². The molecule has 2 heteroatoms. The van der Waals surface area contributed by atoms with Crippen LogP contribution in [-0.2, 0) is 0 Å². The third-order valence-corrected chi connectivity index (χ3v) is 3.54. The molecule has 2 bridgehead atoms. The zero-order valence-electron chi connectivity index (χ0n) is 7.96. The maximum atomic E-state index is 2.61. The summed E-state index contributed by atoms with van der Waals surface area (Å²) in [5.41, 5.74) is 0.437. The van der Waals surface area contributed by atoms with E-state index in [0.717, 1.165) is 12.1 Å². The van der Waals surface area contributed by atoms with Crippen LogP contribution in [0.4, 0.5) is 0 Å². The Morgan fingerprint density at radius 1 is 1.45 bits per heavy atom. The molecule has 3 saturated heterocycles. The summed E-state index contributed by atoms with van der Waals surface area (Å²) in [6, 6.07) is 1.55. The lowest BCUT2D eigenvalue weighted by atomic mass is 9.77. The number of piperazine rings is 2. The monoisotopic (exact) mass is 154 g/mol. The number of nitrogens with zero attached hydrogens (tertiary/aromatic N) is 2. The average Bonchev–Trinajstić information content (AvgIpc) is 1.84. The first kappa shape index (κ1) is 7.56. The Morgan fingerprint density at radius 2 is 2.09 bits per heavy atom. The molecule has 0 aliphatic carbocycles. The Bertz CT molecular complexity index is 160. The molecule has 3 aliphatic heterocycles. The van der Waals surface area contributed by atoms with Crippen LogP contribution < -0.4 is 4.90 Å². The van der Waals surface area contributed by atoms with Crippen molar-refractivity contribution in [2.45, 2.75) is 38.4 Å². The summed E-state index contributed by atoms with van der Waals surface area (Å²) >= 11 is 0. The maximum absolute atomic E-state index is 2.61. The molecule has 63 valence electrons. The van der Waals surface area contributed by atoms with Crippen LogP contribution in [0.25, 0.3) is 0 Å². The van der Waals surface area contributed by atoms with E-state index >= 15 is 0 Å². The van der Waals surface area contributed by atoms with Gasteiger partial charge in [0.05, 0.1) is 6.54 Å². The van der Waals surface area contributed by atoms with Crippen LogP contribution in [0.3, 0.4) is 0 Å². The lowest BCUT2D eigenvalue weighted by molar-refractivity contribution is -0.0848. The molecule has 2 nitrogen and oxygen atoms in total. The van der Waals surface area contributed by atoms with Crippen molar-refractivity contribution in [2.24, 2.45) is 0 Å². The normalized spacial score (nSPS) is 48.5. The standard InChI is InChI=1S/C9H18N2/c1-7-5-10(4)8-6-11(7)9(8,2)3/h7-8H,5-6H2,1-4H3/q+1. The second-order valence-electron chi connectivity index (χ2n) is 4.61. The minimum absolute atomic E-state index is 0.437. The van der Waals surface area contributed by atoms with Gasteiger partial charge in [0, 0.05) is 0 Å². The molecular formula is C9H18N2+. The third kappa shape index (κ3) is 0.798. The molecule has 3 heterocycles. The van der Waals surface area contributed by atoms with Gasteiger partial charge in [0.1, 0.15) is 18.6 Å². The molecule has 0 N–H and O–H groups in total. The molecule has 3 rings (SSSR count). The summed E-state index contributed by atoms with van der Waals surface area (Å²) in [6.45, 7) is 9.56. The first-order valence-corrected chi connectivity index (χ1v) is 4.50. The smallest absolute Gasteiger partial charge is 0.158 e. The Balaban J connectivity index is 2.20.